The predicted octanol–water partition coefficient (Wildman–Crippen LogP) is 2.36. The lowest BCUT2D eigenvalue weighted by Crippen LogP contribution is -2.34. The number of carbonyl (C=O) groups excluding carboxylic acids is 1. The quantitative estimate of drug-likeness (QED) is 0.823. The molecule has 0 fully saturated rings. The zero-order chi connectivity index (χ0) is 14.4. The van der Waals surface area contributed by atoms with Gasteiger partial charge in [0.15, 0.2) is 5.82 Å². The Kier molecular flexibility index (Phi) is 5.99. The molecule has 19 heavy (non-hydrogen) atoms. The molecule has 1 rings (SSSR count). The van der Waals surface area contributed by atoms with Crippen LogP contribution < -0.4 is 5.32 Å². The molecule has 108 valence electrons. The van der Waals surface area contributed by atoms with E-state index < -0.39 is 0 Å². The summed E-state index contributed by atoms with van der Waals surface area (Å²) in [5.41, 5.74) is 0. The van der Waals surface area contributed by atoms with Crippen LogP contribution in [0.15, 0.2) is 4.52 Å². The van der Waals surface area contributed by atoms with Gasteiger partial charge in [-0.15, -0.1) is 0 Å². The molecule has 0 aromatic carbocycles. The van der Waals surface area contributed by atoms with Crippen molar-refractivity contribution in [1.82, 2.24) is 15.5 Å². The summed E-state index contributed by atoms with van der Waals surface area (Å²) in [7, 11) is 0. The molecule has 0 saturated carbocycles. The Morgan fingerprint density at radius 3 is 2.37 bits per heavy atom. The van der Waals surface area contributed by atoms with Crippen LogP contribution in [0.4, 0.5) is 0 Å². The standard InChI is InChI=1S/C14H25N3O2/c1-9(2)12(10(3)4)8-15-13(18)6-7-14-16-11(5)17-19-14/h9-10,12H,6-8H2,1-5H3,(H,15,18). The second-order valence-corrected chi connectivity index (χ2v) is 5.69. The zero-order valence-corrected chi connectivity index (χ0v) is 12.6. The van der Waals surface area contributed by atoms with Crippen molar-refractivity contribution in [3.63, 3.8) is 0 Å². The van der Waals surface area contributed by atoms with Crippen LogP contribution in [0.2, 0.25) is 0 Å². The van der Waals surface area contributed by atoms with E-state index >= 15 is 0 Å². The third kappa shape index (κ3) is 5.41. The van der Waals surface area contributed by atoms with Crippen LogP contribution in [-0.4, -0.2) is 22.6 Å². The number of carbonyl (C=O) groups is 1. The van der Waals surface area contributed by atoms with Crippen molar-refractivity contribution in [3.8, 4) is 0 Å². The Morgan fingerprint density at radius 1 is 1.26 bits per heavy atom. The van der Waals surface area contributed by atoms with Gasteiger partial charge >= 0.3 is 0 Å². The van der Waals surface area contributed by atoms with Crippen molar-refractivity contribution in [3.05, 3.63) is 11.7 Å². The highest BCUT2D eigenvalue weighted by Crippen LogP contribution is 2.19. The Bertz CT molecular complexity index is 391. The van der Waals surface area contributed by atoms with Crippen LogP contribution in [-0.2, 0) is 11.2 Å². The van der Waals surface area contributed by atoms with Gasteiger partial charge in [0.25, 0.3) is 0 Å². The summed E-state index contributed by atoms with van der Waals surface area (Å²) in [6.07, 6.45) is 0.894. The summed E-state index contributed by atoms with van der Waals surface area (Å²) in [6.45, 7) is 11.3. The Hall–Kier alpha value is -1.39. The van der Waals surface area contributed by atoms with E-state index in [4.69, 9.17) is 4.52 Å². The third-order valence-electron chi connectivity index (χ3n) is 3.38. The van der Waals surface area contributed by atoms with Gasteiger partial charge < -0.3 is 9.84 Å². The van der Waals surface area contributed by atoms with Crippen LogP contribution in [0, 0.1) is 24.7 Å². The van der Waals surface area contributed by atoms with Crippen LogP contribution >= 0.6 is 0 Å². The summed E-state index contributed by atoms with van der Waals surface area (Å²) in [5, 5.41) is 6.69. The SMILES string of the molecule is Cc1noc(CCC(=O)NCC(C(C)C)C(C)C)n1. The van der Waals surface area contributed by atoms with Crippen molar-refractivity contribution in [2.75, 3.05) is 6.54 Å². The van der Waals surface area contributed by atoms with E-state index in [2.05, 4.69) is 43.2 Å². The fourth-order valence-electron chi connectivity index (χ4n) is 2.22. The number of rotatable bonds is 7. The van der Waals surface area contributed by atoms with Crippen molar-refractivity contribution in [2.24, 2.45) is 17.8 Å². The summed E-state index contributed by atoms with van der Waals surface area (Å²) >= 11 is 0. The highest BCUT2D eigenvalue weighted by Gasteiger charge is 2.18. The van der Waals surface area contributed by atoms with E-state index in [1.165, 1.54) is 0 Å². The number of aryl methyl sites for hydroxylation is 2. The Labute approximate surface area is 115 Å². The van der Waals surface area contributed by atoms with Gasteiger partial charge in [0.1, 0.15) is 0 Å². The molecular weight excluding hydrogens is 242 g/mol. The molecule has 0 aliphatic carbocycles. The lowest BCUT2D eigenvalue weighted by Gasteiger charge is -2.25. The number of nitrogens with zero attached hydrogens (tertiary/aromatic N) is 2. The molecule has 1 heterocycles. The second kappa shape index (κ2) is 7.26. The van der Waals surface area contributed by atoms with Crippen molar-refractivity contribution >= 4 is 5.91 Å². The fourth-order valence-corrected chi connectivity index (χ4v) is 2.22. The Morgan fingerprint density at radius 2 is 1.89 bits per heavy atom. The molecule has 0 spiro atoms. The number of amides is 1. The molecule has 1 amide bonds. The lowest BCUT2D eigenvalue weighted by molar-refractivity contribution is -0.121. The summed E-state index contributed by atoms with van der Waals surface area (Å²) in [5.74, 6) is 2.82. The first-order valence-electron chi connectivity index (χ1n) is 6.96. The maximum atomic E-state index is 11.8. The van der Waals surface area contributed by atoms with Crippen LogP contribution in [0.3, 0.4) is 0 Å². The number of hydrogen-bond acceptors (Lipinski definition) is 4. The molecule has 0 unspecified atom stereocenters. The summed E-state index contributed by atoms with van der Waals surface area (Å²) in [4.78, 5) is 15.8. The molecule has 1 aromatic rings. The monoisotopic (exact) mass is 267 g/mol. The minimum atomic E-state index is 0.0437. The van der Waals surface area contributed by atoms with Gasteiger partial charge in [0.05, 0.1) is 0 Å². The molecule has 0 aliphatic rings. The Balaban J connectivity index is 2.31. The van der Waals surface area contributed by atoms with Gasteiger partial charge in [-0.05, 0) is 24.7 Å². The van der Waals surface area contributed by atoms with Crippen LogP contribution in [0.5, 0.6) is 0 Å². The van der Waals surface area contributed by atoms with E-state index in [0.717, 1.165) is 6.54 Å². The smallest absolute Gasteiger partial charge is 0.227 e. The molecule has 0 saturated heterocycles. The van der Waals surface area contributed by atoms with Gasteiger partial charge in [0.2, 0.25) is 11.8 Å². The molecule has 5 heteroatoms. The maximum Gasteiger partial charge on any atom is 0.227 e. The molecule has 0 bridgehead atoms. The highest BCUT2D eigenvalue weighted by molar-refractivity contribution is 5.75. The molecule has 0 atom stereocenters. The normalized spacial score (nSPS) is 11.6. The van der Waals surface area contributed by atoms with Crippen molar-refractivity contribution in [2.45, 2.75) is 47.5 Å². The summed E-state index contributed by atoms with van der Waals surface area (Å²) < 4.78 is 4.98. The van der Waals surface area contributed by atoms with Crippen LogP contribution in [0.1, 0.15) is 45.8 Å². The van der Waals surface area contributed by atoms with E-state index in [-0.39, 0.29) is 5.91 Å². The lowest BCUT2D eigenvalue weighted by atomic mass is 9.85. The van der Waals surface area contributed by atoms with Gasteiger partial charge in [-0.25, -0.2) is 0 Å². The van der Waals surface area contributed by atoms with Gasteiger partial charge in [-0.3, -0.25) is 4.79 Å². The fraction of sp³-hybridized carbons (Fsp3) is 0.786. The topological polar surface area (TPSA) is 68.0 Å². The largest absolute Gasteiger partial charge is 0.356 e. The molecular formula is C14H25N3O2. The number of hydrogen-bond donors (Lipinski definition) is 1. The van der Waals surface area contributed by atoms with Crippen LogP contribution in [0.25, 0.3) is 0 Å². The van der Waals surface area contributed by atoms with Gasteiger partial charge in [-0.1, -0.05) is 32.9 Å². The van der Waals surface area contributed by atoms with E-state index in [9.17, 15) is 4.79 Å². The maximum absolute atomic E-state index is 11.8. The number of nitrogens with one attached hydrogen (secondary N) is 1. The van der Waals surface area contributed by atoms with E-state index in [1.54, 1.807) is 6.92 Å². The van der Waals surface area contributed by atoms with E-state index in [1.807, 2.05) is 0 Å². The second-order valence-electron chi connectivity index (χ2n) is 5.69. The first-order chi connectivity index (χ1) is 8.90. The number of aromatic nitrogens is 2. The molecule has 1 N–H and O–H groups in total. The molecule has 0 radical (unpaired) electrons. The van der Waals surface area contributed by atoms with Crippen molar-refractivity contribution < 1.29 is 9.32 Å². The molecule has 1 aromatic heterocycles. The summed E-state index contributed by atoms with van der Waals surface area (Å²) in [6, 6.07) is 0. The molecule has 5 nitrogen and oxygen atoms in total. The van der Waals surface area contributed by atoms with E-state index in [0.29, 0.717) is 42.3 Å². The highest BCUT2D eigenvalue weighted by atomic mass is 16.5. The van der Waals surface area contributed by atoms with Gasteiger partial charge in [-0.2, -0.15) is 4.98 Å². The predicted molar refractivity (Wildman–Crippen MR) is 73.5 cm³/mol. The minimum Gasteiger partial charge on any atom is -0.356 e. The van der Waals surface area contributed by atoms with Crippen molar-refractivity contribution in [1.29, 1.82) is 0 Å². The third-order valence-corrected chi connectivity index (χ3v) is 3.38. The minimum absolute atomic E-state index is 0.0437. The first kappa shape index (κ1) is 15.7. The first-order valence-corrected chi connectivity index (χ1v) is 6.96. The van der Waals surface area contributed by atoms with Gasteiger partial charge in [0, 0.05) is 19.4 Å². The average molecular weight is 267 g/mol. The molecule has 0 aliphatic heterocycles. The average Bonchev–Trinajstić information content (AvgIpc) is 2.71. The zero-order valence-electron chi connectivity index (χ0n) is 12.6.